The Bertz CT molecular complexity index is 354. The average molecular weight is 268 g/mol. The molecule has 5 heteroatoms. The number of urea groups is 1. The van der Waals surface area contributed by atoms with Crippen LogP contribution in [0.1, 0.15) is 52.4 Å². The largest absolute Gasteiger partial charge is 0.480 e. The molecule has 19 heavy (non-hydrogen) atoms. The van der Waals surface area contributed by atoms with E-state index >= 15 is 0 Å². The average Bonchev–Trinajstić information content (AvgIpc) is 3.12. The minimum atomic E-state index is -0.938. The van der Waals surface area contributed by atoms with E-state index < -0.39 is 5.97 Å². The third kappa shape index (κ3) is 4.11. The van der Waals surface area contributed by atoms with Gasteiger partial charge < -0.3 is 15.3 Å². The summed E-state index contributed by atoms with van der Waals surface area (Å²) in [5, 5.41) is 11.9. The predicted molar refractivity (Wildman–Crippen MR) is 71.9 cm³/mol. The van der Waals surface area contributed by atoms with E-state index in [0.29, 0.717) is 5.41 Å². The van der Waals surface area contributed by atoms with E-state index in [-0.39, 0.29) is 24.7 Å². The molecule has 2 fully saturated rings. The molecule has 5 nitrogen and oxygen atoms in total. The van der Waals surface area contributed by atoms with E-state index in [9.17, 15) is 9.59 Å². The van der Waals surface area contributed by atoms with Gasteiger partial charge in [0, 0.05) is 12.1 Å². The Morgan fingerprint density at radius 3 is 2.26 bits per heavy atom. The van der Waals surface area contributed by atoms with Crippen LogP contribution in [0.4, 0.5) is 4.79 Å². The summed E-state index contributed by atoms with van der Waals surface area (Å²) in [6.45, 7) is 4.33. The van der Waals surface area contributed by atoms with Crippen LogP contribution < -0.4 is 5.32 Å². The summed E-state index contributed by atoms with van der Waals surface area (Å²) < 4.78 is 0. The standard InChI is InChI=1S/C14H24N2O3/c1-14(2)7-5-10(6-8-14)15-13(19)16(9-12(17)18)11-3-4-11/h10-11H,3-9H2,1-2H3,(H,15,19)(H,17,18). The van der Waals surface area contributed by atoms with Crippen LogP contribution in [0.3, 0.4) is 0 Å². The molecule has 0 aromatic heterocycles. The van der Waals surface area contributed by atoms with Gasteiger partial charge in [-0.1, -0.05) is 13.8 Å². The smallest absolute Gasteiger partial charge is 0.323 e. The molecule has 2 amide bonds. The summed E-state index contributed by atoms with van der Waals surface area (Å²) >= 11 is 0. The zero-order valence-corrected chi connectivity index (χ0v) is 11.8. The summed E-state index contributed by atoms with van der Waals surface area (Å²) in [6.07, 6.45) is 6.06. The lowest BCUT2D eigenvalue weighted by atomic mass is 9.75. The highest BCUT2D eigenvalue weighted by atomic mass is 16.4. The molecule has 0 aromatic carbocycles. The molecule has 0 aliphatic heterocycles. The molecule has 0 heterocycles. The summed E-state index contributed by atoms with van der Waals surface area (Å²) in [7, 11) is 0. The van der Waals surface area contributed by atoms with Crippen LogP contribution in [0.25, 0.3) is 0 Å². The van der Waals surface area contributed by atoms with Crippen LogP contribution in [-0.4, -0.2) is 40.6 Å². The normalized spacial score (nSPS) is 22.8. The van der Waals surface area contributed by atoms with Gasteiger partial charge in [-0.15, -0.1) is 0 Å². The second-order valence-corrected chi connectivity index (χ2v) is 6.64. The SMILES string of the molecule is CC1(C)CCC(NC(=O)N(CC(=O)O)C2CC2)CC1. The fourth-order valence-corrected chi connectivity index (χ4v) is 2.70. The molecule has 2 aliphatic rings. The van der Waals surface area contributed by atoms with Crippen LogP contribution in [0.2, 0.25) is 0 Å². The van der Waals surface area contributed by atoms with Crippen molar-refractivity contribution < 1.29 is 14.7 Å². The number of nitrogens with one attached hydrogen (secondary N) is 1. The van der Waals surface area contributed by atoms with E-state index in [1.807, 2.05) is 0 Å². The van der Waals surface area contributed by atoms with Gasteiger partial charge in [0.2, 0.25) is 0 Å². The van der Waals surface area contributed by atoms with Gasteiger partial charge in [0.25, 0.3) is 0 Å². The van der Waals surface area contributed by atoms with Crippen molar-refractivity contribution in [1.82, 2.24) is 10.2 Å². The van der Waals surface area contributed by atoms with Gasteiger partial charge in [-0.3, -0.25) is 4.79 Å². The lowest BCUT2D eigenvalue weighted by Crippen LogP contribution is -2.49. The first kappa shape index (κ1) is 14.2. The van der Waals surface area contributed by atoms with Gasteiger partial charge in [-0.2, -0.15) is 0 Å². The lowest BCUT2D eigenvalue weighted by Gasteiger charge is -2.35. The van der Waals surface area contributed by atoms with E-state index in [2.05, 4.69) is 19.2 Å². The lowest BCUT2D eigenvalue weighted by molar-refractivity contribution is -0.137. The number of hydrogen-bond acceptors (Lipinski definition) is 2. The molecular formula is C14H24N2O3. The Kier molecular flexibility index (Phi) is 4.02. The van der Waals surface area contributed by atoms with Crippen LogP contribution >= 0.6 is 0 Å². The van der Waals surface area contributed by atoms with Gasteiger partial charge in [0.15, 0.2) is 0 Å². The molecule has 2 rings (SSSR count). The maximum absolute atomic E-state index is 12.1. The number of carboxylic acids is 1. The first-order valence-electron chi connectivity index (χ1n) is 7.16. The topological polar surface area (TPSA) is 69.6 Å². The molecule has 0 atom stereocenters. The fraction of sp³-hybridized carbons (Fsp3) is 0.857. The Balaban J connectivity index is 1.84. The van der Waals surface area contributed by atoms with Crippen LogP contribution in [-0.2, 0) is 4.79 Å². The molecule has 0 spiro atoms. The number of nitrogens with zero attached hydrogens (tertiary/aromatic N) is 1. The molecule has 0 unspecified atom stereocenters. The first-order valence-corrected chi connectivity index (χ1v) is 7.16. The van der Waals surface area contributed by atoms with Crippen LogP contribution in [0.15, 0.2) is 0 Å². The molecule has 0 bridgehead atoms. The number of carbonyl (C=O) groups is 2. The zero-order chi connectivity index (χ0) is 14.0. The first-order chi connectivity index (χ1) is 8.87. The Hall–Kier alpha value is -1.26. The van der Waals surface area contributed by atoms with Gasteiger partial charge in [0.05, 0.1) is 0 Å². The fourth-order valence-electron chi connectivity index (χ4n) is 2.70. The summed E-state index contributed by atoms with van der Waals surface area (Å²) in [4.78, 5) is 24.4. The number of carboxylic acid groups (broad SMARTS) is 1. The zero-order valence-electron chi connectivity index (χ0n) is 11.8. The van der Waals surface area contributed by atoms with Crippen molar-refractivity contribution >= 4 is 12.0 Å². The third-order valence-corrected chi connectivity index (χ3v) is 4.22. The Labute approximate surface area is 114 Å². The highest BCUT2D eigenvalue weighted by Gasteiger charge is 2.35. The number of amides is 2. The van der Waals surface area contributed by atoms with Gasteiger partial charge in [-0.25, -0.2) is 4.79 Å². The van der Waals surface area contributed by atoms with Crippen molar-refractivity contribution in [3.8, 4) is 0 Å². The minimum absolute atomic E-state index is 0.135. The Morgan fingerprint density at radius 1 is 1.21 bits per heavy atom. The Morgan fingerprint density at radius 2 is 1.79 bits per heavy atom. The number of rotatable bonds is 4. The maximum atomic E-state index is 12.1. The van der Waals surface area contributed by atoms with Gasteiger partial charge in [-0.05, 0) is 43.9 Å². The molecule has 0 aromatic rings. The highest BCUT2D eigenvalue weighted by molar-refractivity contribution is 5.80. The summed E-state index contributed by atoms with van der Waals surface area (Å²) in [6, 6.07) is 0.140. The summed E-state index contributed by atoms with van der Waals surface area (Å²) in [5.41, 5.74) is 0.373. The predicted octanol–water partition coefficient (Wildman–Crippen LogP) is 2.21. The molecule has 2 N–H and O–H groups in total. The maximum Gasteiger partial charge on any atom is 0.323 e. The molecule has 108 valence electrons. The monoisotopic (exact) mass is 268 g/mol. The van der Waals surface area contributed by atoms with Crippen molar-refractivity contribution in [2.45, 2.75) is 64.5 Å². The second-order valence-electron chi connectivity index (χ2n) is 6.64. The third-order valence-electron chi connectivity index (χ3n) is 4.22. The van der Waals surface area contributed by atoms with E-state index in [1.54, 1.807) is 0 Å². The van der Waals surface area contributed by atoms with E-state index in [1.165, 1.54) is 4.90 Å². The quantitative estimate of drug-likeness (QED) is 0.821. The van der Waals surface area contributed by atoms with Crippen molar-refractivity contribution in [3.05, 3.63) is 0 Å². The van der Waals surface area contributed by atoms with Gasteiger partial charge >= 0.3 is 12.0 Å². The highest BCUT2D eigenvalue weighted by Crippen LogP contribution is 2.35. The van der Waals surface area contributed by atoms with Crippen molar-refractivity contribution in [3.63, 3.8) is 0 Å². The summed E-state index contributed by atoms with van der Waals surface area (Å²) in [5.74, 6) is -0.938. The second kappa shape index (κ2) is 5.39. The number of hydrogen-bond donors (Lipinski definition) is 2. The van der Waals surface area contributed by atoms with Crippen molar-refractivity contribution in [1.29, 1.82) is 0 Å². The van der Waals surface area contributed by atoms with Crippen LogP contribution in [0.5, 0.6) is 0 Å². The molecule has 2 saturated carbocycles. The van der Waals surface area contributed by atoms with E-state index in [0.717, 1.165) is 38.5 Å². The van der Waals surface area contributed by atoms with Crippen molar-refractivity contribution in [2.24, 2.45) is 5.41 Å². The molecule has 0 saturated heterocycles. The van der Waals surface area contributed by atoms with Crippen LogP contribution in [0, 0.1) is 5.41 Å². The molecular weight excluding hydrogens is 244 g/mol. The molecule has 0 radical (unpaired) electrons. The number of aliphatic carboxylic acids is 1. The van der Waals surface area contributed by atoms with Gasteiger partial charge in [0.1, 0.15) is 6.54 Å². The van der Waals surface area contributed by atoms with Crippen molar-refractivity contribution in [2.75, 3.05) is 6.54 Å². The molecule has 2 aliphatic carbocycles. The number of carbonyl (C=O) groups excluding carboxylic acids is 1. The minimum Gasteiger partial charge on any atom is -0.480 e. The van der Waals surface area contributed by atoms with E-state index in [4.69, 9.17) is 5.11 Å².